The zero-order valence-electron chi connectivity index (χ0n) is 12.5. The molecule has 1 aromatic rings. The number of halogens is 1. The Morgan fingerprint density at radius 3 is 2.48 bits per heavy atom. The van der Waals surface area contributed by atoms with E-state index in [4.69, 9.17) is 0 Å². The molecule has 0 radical (unpaired) electrons. The second-order valence-electron chi connectivity index (χ2n) is 5.74. The molecule has 0 bridgehead atoms. The maximum atomic E-state index is 13.0. The molecule has 1 aliphatic carbocycles. The average Bonchev–Trinajstić information content (AvgIpc) is 2.71. The first-order valence-corrected chi connectivity index (χ1v) is 9.33. The van der Waals surface area contributed by atoms with Gasteiger partial charge in [-0.1, -0.05) is 26.2 Å². The highest BCUT2D eigenvalue weighted by molar-refractivity contribution is 7.92. The molecule has 3 nitrogen and oxygen atoms in total. The molecule has 0 heterocycles. The minimum Gasteiger partial charge on any atom is -0.313 e. The van der Waals surface area contributed by atoms with E-state index in [-0.39, 0.29) is 10.9 Å². The van der Waals surface area contributed by atoms with Gasteiger partial charge in [0.15, 0.2) is 9.84 Å². The third-order valence-electron chi connectivity index (χ3n) is 4.15. The first kappa shape index (κ1) is 16.4. The van der Waals surface area contributed by atoms with Crippen molar-refractivity contribution >= 4 is 9.84 Å². The average molecular weight is 313 g/mol. The lowest BCUT2D eigenvalue weighted by Gasteiger charge is -2.26. The monoisotopic (exact) mass is 313 g/mol. The highest BCUT2D eigenvalue weighted by Crippen LogP contribution is 2.28. The summed E-state index contributed by atoms with van der Waals surface area (Å²) in [6, 6.07) is 5.21. The number of rotatable bonds is 5. The highest BCUT2D eigenvalue weighted by Gasteiger charge is 2.35. The second kappa shape index (κ2) is 7.36. The molecule has 1 N–H and O–H groups in total. The van der Waals surface area contributed by atoms with Gasteiger partial charge in [-0.25, -0.2) is 12.8 Å². The van der Waals surface area contributed by atoms with Gasteiger partial charge in [-0.3, -0.25) is 0 Å². The van der Waals surface area contributed by atoms with Crippen LogP contribution in [0.25, 0.3) is 0 Å². The van der Waals surface area contributed by atoms with Crippen LogP contribution >= 0.6 is 0 Å². The van der Waals surface area contributed by atoms with Gasteiger partial charge < -0.3 is 5.32 Å². The van der Waals surface area contributed by atoms with Gasteiger partial charge in [-0.2, -0.15) is 0 Å². The lowest BCUT2D eigenvalue weighted by molar-refractivity contribution is 0.450. The first-order valence-electron chi connectivity index (χ1n) is 7.78. The normalized spacial score (nSPS) is 23.7. The molecule has 21 heavy (non-hydrogen) atoms. The van der Waals surface area contributed by atoms with E-state index in [0.29, 0.717) is 6.42 Å². The summed E-state index contributed by atoms with van der Waals surface area (Å²) in [5.74, 6) is -0.407. The van der Waals surface area contributed by atoms with E-state index in [1.165, 1.54) is 24.3 Å². The molecule has 2 unspecified atom stereocenters. The van der Waals surface area contributed by atoms with Crippen molar-refractivity contribution in [2.45, 2.75) is 61.6 Å². The van der Waals surface area contributed by atoms with E-state index in [1.807, 2.05) is 0 Å². The smallest absolute Gasteiger partial charge is 0.182 e. The topological polar surface area (TPSA) is 46.2 Å². The van der Waals surface area contributed by atoms with Crippen LogP contribution in [0.2, 0.25) is 0 Å². The van der Waals surface area contributed by atoms with E-state index in [1.54, 1.807) is 0 Å². The Labute approximate surface area is 126 Å². The quantitative estimate of drug-likeness (QED) is 0.670. The van der Waals surface area contributed by atoms with Gasteiger partial charge in [-0.15, -0.1) is 0 Å². The summed E-state index contributed by atoms with van der Waals surface area (Å²) in [6.07, 6.45) is 5.65. The van der Waals surface area contributed by atoms with Crippen molar-refractivity contribution in [3.05, 3.63) is 30.1 Å². The predicted molar refractivity (Wildman–Crippen MR) is 82.5 cm³/mol. The molecule has 0 aliphatic heterocycles. The Balaban J connectivity index is 2.27. The van der Waals surface area contributed by atoms with Crippen LogP contribution in [0.15, 0.2) is 29.2 Å². The van der Waals surface area contributed by atoms with E-state index in [9.17, 15) is 12.8 Å². The molecular weight excluding hydrogens is 289 g/mol. The summed E-state index contributed by atoms with van der Waals surface area (Å²) in [5.41, 5.74) is 0. The van der Waals surface area contributed by atoms with E-state index < -0.39 is 20.9 Å². The molecule has 0 saturated heterocycles. The number of hydrogen-bond acceptors (Lipinski definition) is 3. The van der Waals surface area contributed by atoms with Crippen LogP contribution in [0.3, 0.4) is 0 Å². The molecule has 118 valence electrons. The van der Waals surface area contributed by atoms with Crippen LogP contribution in [0.5, 0.6) is 0 Å². The summed E-state index contributed by atoms with van der Waals surface area (Å²) in [7, 11) is -3.41. The molecule has 1 aliphatic rings. The van der Waals surface area contributed by atoms with Crippen molar-refractivity contribution in [3.63, 3.8) is 0 Å². The number of hydrogen-bond donors (Lipinski definition) is 1. The lowest BCUT2D eigenvalue weighted by atomic mass is 10.1. The largest absolute Gasteiger partial charge is 0.313 e. The Hall–Kier alpha value is -0.940. The Morgan fingerprint density at radius 2 is 1.81 bits per heavy atom. The molecule has 0 amide bonds. The van der Waals surface area contributed by atoms with Gasteiger partial charge >= 0.3 is 0 Å². The summed E-state index contributed by atoms with van der Waals surface area (Å²) >= 11 is 0. The standard InChI is InChI=1S/C16H24FNO2S/c1-2-12-18-15-6-4-3-5-7-16(15)21(19,20)14-10-8-13(17)9-11-14/h8-11,15-16,18H,2-7,12H2,1H3. The van der Waals surface area contributed by atoms with Crippen LogP contribution < -0.4 is 5.32 Å². The maximum absolute atomic E-state index is 13.0. The fourth-order valence-corrected chi connectivity index (χ4v) is 5.01. The Morgan fingerprint density at radius 1 is 1.14 bits per heavy atom. The summed E-state index contributed by atoms with van der Waals surface area (Å²) < 4.78 is 38.7. The zero-order chi connectivity index (χ0) is 15.3. The zero-order valence-corrected chi connectivity index (χ0v) is 13.3. The predicted octanol–water partition coefficient (Wildman–Crippen LogP) is 3.30. The van der Waals surface area contributed by atoms with Crippen LogP contribution in [0.4, 0.5) is 4.39 Å². The molecule has 5 heteroatoms. The summed E-state index contributed by atoms with van der Waals surface area (Å²) in [6.45, 7) is 2.91. The van der Waals surface area contributed by atoms with E-state index in [0.717, 1.165) is 38.6 Å². The van der Waals surface area contributed by atoms with Crippen molar-refractivity contribution < 1.29 is 12.8 Å². The van der Waals surface area contributed by atoms with Crippen LogP contribution in [0, 0.1) is 5.82 Å². The van der Waals surface area contributed by atoms with Crippen molar-refractivity contribution in [2.24, 2.45) is 0 Å². The second-order valence-corrected chi connectivity index (χ2v) is 7.90. The molecular formula is C16H24FNO2S. The van der Waals surface area contributed by atoms with Gasteiger partial charge in [0, 0.05) is 6.04 Å². The van der Waals surface area contributed by atoms with Crippen LogP contribution in [-0.2, 0) is 9.84 Å². The van der Waals surface area contributed by atoms with Crippen LogP contribution in [-0.4, -0.2) is 26.3 Å². The van der Waals surface area contributed by atoms with Gasteiger partial charge in [0.1, 0.15) is 5.82 Å². The number of sulfone groups is 1. The van der Waals surface area contributed by atoms with Gasteiger partial charge in [0.25, 0.3) is 0 Å². The fourth-order valence-electron chi connectivity index (χ4n) is 3.01. The summed E-state index contributed by atoms with van der Waals surface area (Å²) in [4.78, 5) is 0.235. The first-order chi connectivity index (χ1) is 10.1. The molecule has 2 rings (SSSR count). The molecule has 0 aromatic heterocycles. The van der Waals surface area contributed by atoms with Crippen molar-refractivity contribution in [1.82, 2.24) is 5.32 Å². The van der Waals surface area contributed by atoms with Gasteiger partial charge in [-0.05, 0) is 50.1 Å². The van der Waals surface area contributed by atoms with Crippen molar-refractivity contribution in [3.8, 4) is 0 Å². The van der Waals surface area contributed by atoms with Crippen molar-refractivity contribution in [1.29, 1.82) is 0 Å². The Kier molecular flexibility index (Phi) is 5.76. The molecule has 0 spiro atoms. The van der Waals surface area contributed by atoms with Gasteiger partial charge in [0.05, 0.1) is 10.1 Å². The van der Waals surface area contributed by atoms with Crippen LogP contribution in [0.1, 0.15) is 45.4 Å². The molecule has 1 saturated carbocycles. The molecule has 2 atom stereocenters. The van der Waals surface area contributed by atoms with E-state index >= 15 is 0 Å². The highest BCUT2D eigenvalue weighted by atomic mass is 32.2. The fraction of sp³-hybridized carbons (Fsp3) is 0.625. The van der Waals surface area contributed by atoms with Crippen molar-refractivity contribution in [2.75, 3.05) is 6.54 Å². The minimum atomic E-state index is -3.41. The number of benzene rings is 1. The third kappa shape index (κ3) is 4.04. The molecule has 1 fully saturated rings. The van der Waals surface area contributed by atoms with Gasteiger partial charge in [0.2, 0.25) is 0 Å². The Bertz CT molecular complexity index is 542. The minimum absolute atomic E-state index is 0.00232. The van der Waals surface area contributed by atoms with E-state index in [2.05, 4.69) is 12.2 Å². The maximum Gasteiger partial charge on any atom is 0.182 e. The molecule has 1 aromatic carbocycles. The summed E-state index contributed by atoms with van der Waals surface area (Å²) in [5, 5.41) is 2.99. The SMILES string of the molecule is CCCNC1CCCCCC1S(=O)(=O)c1ccc(F)cc1. The third-order valence-corrected chi connectivity index (χ3v) is 6.44. The lowest BCUT2D eigenvalue weighted by Crippen LogP contribution is -2.43. The number of nitrogens with one attached hydrogen (secondary N) is 1.